The van der Waals surface area contributed by atoms with Crippen LogP contribution in [-0.4, -0.2) is 48.7 Å². The van der Waals surface area contributed by atoms with Gasteiger partial charge in [0.1, 0.15) is 5.69 Å². The second-order valence-electron chi connectivity index (χ2n) is 8.00. The molecule has 1 amide bonds. The Morgan fingerprint density at radius 3 is 2.50 bits per heavy atom. The number of para-hydroxylation sites is 1. The van der Waals surface area contributed by atoms with E-state index in [0.717, 1.165) is 16.1 Å². The molecule has 0 aliphatic heterocycles. The normalized spacial score (nSPS) is 10.8. The van der Waals surface area contributed by atoms with Gasteiger partial charge in [0.25, 0.3) is 5.91 Å². The first-order chi connectivity index (χ1) is 18.5. The fourth-order valence-corrected chi connectivity index (χ4v) is 4.13. The van der Waals surface area contributed by atoms with E-state index < -0.39 is 18.5 Å². The summed E-state index contributed by atoms with van der Waals surface area (Å²) in [5, 5.41) is 7.47. The van der Waals surface area contributed by atoms with Gasteiger partial charge in [0.05, 0.1) is 19.9 Å². The number of nitrogens with one attached hydrogen (secondary N) is 1. The van der Waals surface area contributed by atoms with Crippen LogP contribution in [0.15, 0.2) is 90.0 Å². The number of esters is 1. The molecule has 8 nitrogen and oxygen atoms in total. The molecule has 0 saturated heterocycles. The predicted octanol–water partition coefficient (Wildman–Crippen LogP) is 5.47. The first-order valence-corrected chi connectivity index (χ1v) is 12.9. The van der Waals surface area contributed by atoms with E-state index >= 15 is 0 Å². The van der Waals surface area contributed by atoms with E-state index in [1.165, 1.54) is 6.08 Å². The quantitative estimate of drug-likeness (QED) is 0.165. The number of benzene rings is 3. The van der Waals surface area contributed by atoms with Gasteiger partial charge < -0.3 is 19.5 Å². The molecule has 38 heavy (non-hydrogen) atoms. The monoisotopic (exact) mass is 529 g/mol. The summed E-state index contributed by atoms with van der Waals surface area (Å²) in [7, 11) is 3.14. The SMILES string of the molecule is COc1ccc(-c2nn(-c3ccccc3)cc2/C=C/C(=O)OCC(=O)Nc2cccc(SC)c2)cc1OC. The summed E-state index contributed by atoms with van der Waals surface area (Å²) in [6.07, 6.45) is 6.66. The fourth-order valence-electron chi connectivity index (χ4n) is 3.67. The van der Waals surface area contributed by atoms with Crippen molar-refractivity contribution in [3.8, 4) is 28.4 Å². The van der Waals surface area contributed by atoms with Gasteiger partial charge in [-0.05, 0) is 60.9 Å². The number of rotatable bonds is 10. The molecule has 4 aromatic rings. The van der Waals surface area contributed by atoms with E-state index in [-0.39, 0.29) is 0 Å². The lowest BCUT2D eigenvalue weighted by atomic mass is 10.1. The Balaban J connectivity index is 1.51. The minimum Gasteiger partial charge on any atom is -0.493 e. The third-order valence-corrected chi connectivity index (χ3v) is 6.24. The van der Waals surface area contributed by atoms with Crippen LogP contribution in [0.1, 0.15) is 5.56 Å². The molecular weight excluding hydrogens is 502 g/mol. The lowest BCUT2D eigenvalue weighted by Gasteiger charge is -2.09. The van der Waals surface area contributed by atoms with Crippen LogP contribution in [0.25, 0.3) is 23.0 Å². The maximum Gasteiger partial charge on any atom is 0.331 e. The largest absolute Gasteiger partial charge is 0.493 e. The van der Waals surface area contributed by atoms with Crippen LogP contribution in [0.4, 0.5) is 5.69 Å². The van der Waals surface area contributed by atoms with Gasteiger partial charge in [-0.25, -0.2) is 9.48 Å². The average Bonchev–Trinajstić information content (AvgIpc) is 3.39. The van der Waals surface area contributed by atoms with Crippen molar-refractivity contribution >= 4 is 35.4 Å². The number of carbonyl (C=O) groups excluding carboxylic acids is 2. The zero-order valence-electron chi connectivity index (χ0n) is 21.2. The Hall–Kier alpha value is -4.50. The molecule has 0 unspecified atom stereocenters. The molecule has 0 saturated carbocycles. The molecular formula is C29H27N3O5S. The van der Waals surface area contributed by atoms with Gasteiger partial charge in [0.2, 0.25) is 0 Å². The summed E-state index contributed by atoms with van der Waals surface area (Å²) in [6.45, 7) is -0.404. The van der Waals surface area contributed by atoms with E-state index in [2.05, 4.69) is 5.32 Å². The Labute approximate surface area is 225 Å². The number of ether oxygens (including phenoxy) is 3. The summed E-state index contributed by atoms with van der Waals surface area (Å²) >= 11 is 1.57. The van der Waals surface area contributed by atoms with E-state index in [0.29, 0.717) is 28.4 Å². The Kier molecular flexibility index (Phi) is 8.84. The Morgan fingerprint density at radius 1 is 0.974 bits per heavy atom. The van der Waals surface area contributed by atoms with Crippen molar-refractivity contribution in [2.45, 2.75) is 4.90 Å². The number of carbonyl (C=O) groups is 2. The van der Waals surface area contributed by atoms with Gasteiger partial charge in [0.15, 0.2) is 18.1 Å². The summed E-state index contributed by atoms with van der Waals surface area (Å²) < 4.78 is 17.7. The van der Waals surface area contributed by atoms with E-state index in [4.69, 9.17) is 19.3 Å². The van der Waals surface area contributed by atoms with Crippen LogP contribution in [0.5, 0.6) is 11.5 Å². The molecule has 3 aromatic carbocycles. The summed E-state index contributed by atoms with van der Waals surface area (Å²) in [4.78, 5) is 25.7. The van der Waals surface area contributed by atoms with Crippen LogP contribution >= 0.6 is 11.8 Å². The molecule has 4 rings (SSSR count). The summed E-state index contributed by atoms with van der Waals surface area (Å²) in [5.74, 6) is 0.0807. The van der Waals surface area contributed by atoms with Crippen molar-refractivity contribution in [1.29, 1.82) is 0 Å². The van der Waals surface area contributed by atoms with Crippen LogP contribution in [0.3, 0.4) is 0 Å². The molecule has 0 aliphatic carbocycles. The van der Waals surface area contributed by atoms with Crippen LogP contribution in [0, 0.1) is 0 Å². The topological polar surface area (TPSA) is 91.7 Å². The summed E-state index contributed by atoms with van der Waals surface area (Å²) in [6, 6.07) is 22.5. The highest BCUT2D eigenvalue weighted by molar-refractivity contribution is 7.98. The van der Waals surface area contributed by atoms with Crippen molar-refractivity contribution in [3.05, 3.63) is 90.6 Å². The smallest absolute Gasteiger partial charge is 0.331 e. The predicted molar refractivity (Wildman–Crippen MR) is 149 cm³/mol. The number of aromatic nitrogens is 2. The molecule has 0 bridgehead atoms. The molecule has 0 spiro atoms. The highest BCUT2D eigenvalue weighted by atomic mass is 32.2. The van der Waals surface area contributed by atoms with Gasteiger partial charge in [-0.1, -0.05) is 24.3 Å². The molecule has 0 radical (unpaired) electrons. The van der Waals surface area contributed by atoms with Crippen molar-refractivity contribution in [2.75, 3.05) is 32.4 Å². The Bertz CT molecular complexity index is 1450. The highest BCUT2D eigenvalue weighted by Gasteiger charge is 2.14. The number of hydrogen-bond donors (Lipinski definition) is 1. The van der Waals surface area contributed by atoms with Crippen LogP contribution in [-0.2, 0) is 14.3 Å². The van der Waals surface area contributed by atoms with Gasteiger partial charge in [-0.3, -0.25) is 4.79 Å². The number of nitrogens with zero attached hydrogens (tertiary/aromatic N) is 2. The first kappa shape index (κ1) is 26.6. The minimum atomic E-state index is -0.649. The van der Waals surface area contributed by atoms with E-state index in [1.807, 2.05) is 73.1 Å². The number of thioether (sulfide) groups is 1. The van der Waals surface area contributed by atoms with Crippen molar-refractivity contribution in [3.63, 3.8) is 0 Å². The lowest BCUT2D eigenvalue weighted by molar-refractivity contribution is -0.142. The standard InChI is InChI=1S/C29H27N3O5S/c1-35-25-14-12-20(16-26(25)36-2)29-21(18-32(31-29)23-9-5-4-6-10-23)13-15-28(34)37-19-27(33)30-22-8-7-11-24(17-22)38-3/h4-18H,19H2,1-3H3,(H,30,33)/b15-13+. The second kappa shape index (κ2) is 12.6. The second-order valence-corrected chi connectivity index (χ2v) is 8.88. The number of amides is 1. The zero-order valence-corrected chi connectivity index (χ0v) is 22.0. The van der Waals surface area contributed by atoms with Gasteiger partial charge in [0, 0.05) is 34.0 Å². The molecule has 0 aliphatic rings. The summed E-state index contributed by atoms with van der Waals surface area (Å²) in [5.41, 5.74) is 3.58. The molecule has 9 heteroatoms. The van der Waals surface area contributed by atoms with Gasteiger partial charge in [-0.2, -0.15) is 5.10 Å². The maximum absolute atomic E-state index is 12.4. The number of hydrogen-bond acceptors (Lipinski definition) is 7. The molecule has 1 heterocycles. The molecule has 0 atom stereocenters. The number of anilines is 1. The maximum atomic E-state index is 12.4. The fraction of sp³-hybridized carbons (Fsp3) is 0.138. The van der Waals surface area contributed by atoms with E-state index in [1.54, 1.807) is 48.9 Å². The third kappa shape index (κ3) is 6.63. The lowest BCUT2D eigenvalue weighted by Crippen LogP contribution is -2.20. The van der Waals surface area contributed by atoms with Crippen molar-refractivity contribution in [2.24, 2.45) is 0 Å². The molecule has 1 N–H and O–H groups in total. The number of methoxy groups -OCH3 is 2. The third-order valence-electron chi connectivity index (χ3n) is 5.52. The molecule has 1 aromatic heterocycles. The van der Waals surface area contributed by atoms with Gasteiger partial charge >= 0.3 is 5.97 Å². The highest BCUT2D eigenvalue weighted by Crippen LogP contribution is 2.33. The van der Waals surface area contributed by atoms with Crippen LogP contribution in [0.2, 0.25) is 0 Å². The van der Waals surface area contributed by atoms with Crippen molar-refractivity contribution < 1.29 is 23.8 Å². The molecule has 0 fully saturated rings. The average molecular weight is 530 g/mol. The van der Waals surface area contributed by atoms with Crippen molar-refractivity contribution in [1.82, 2.24) is 9.78 Å². The molecule has 194 valence electrons. The minimum absolute atomic E-state index is 0.404. The Morgan fingerprint density at radius 2 is 1.76 bits per heavy atom. The zero-order chi connectivity index (χ0) is 26.9. The van der Waals surface area contributed by atoms with Crippen LogP contribution < -0.4 is 14.8 Å². The van der Waals surface area contributed by atoms with E-state index in [9.17, 15) is 9.59 Å². The van der Waals surface area contributed by atoms with Gasteiger partial charge in [-0.15, -0.1) is 11.8 Å². The first-order valence-electron chi connectivity index (χ1n) is 11.7.